The maximum atomic E-state index is 13.3. The molecular formula is C22H24N4O3S. The van der Waals surface area contributed by atoms with Crippen LogP contribution in [0.5, 0.6) is 0 Å². The van der Waals surface area contributed by atoms with Gasteiger partial charge in [0.15, 0.2) is 5.16 Å². The number of fused-ring (bicyclic) bond motifs is 1. The molecule has 0 fully saturated rings. The summed E-state index contributed by atoms with van der Waals surface area (Å²) < 4.78 is 1.53. The summed E-state index contributed by atoms with van der Waals surface area (Å²) >= 11 is 1.12. The third-order valence-electron chi connectivity index (χ3n) is 4.46. The quantitative estimate of drug-likeness (QED) is 0.468. The van der Waals surface area contributed by atoms with Gasteiger partial charge in [-0.15, -0.1) is 0 Å². The smallest absolute Gasteiger partial charge is 0.321 e. The van der Waals surface area contributed by atoms with Crippen LogP contribution in [0.1, 0.15) is 24.5 Å². The predicted molar refractivity (Wildman–Crippen MR) is 119 cm³/mol. The largest absolute Gasteiger partial charge is 0.338 e. The van der Waals surface area contributed by atoms with Crippen LogP contribution < -0.4 is 16.2 Å². The summed E-state index contributed by atoms with van der Waals surface area (Å²) in [6.45, 7) is 6.34. The molecule has 7 nitrogen and oxygen atoms in total. The molecule has 0 aliphatic heterocycles. The summed E-state index contributed by atoms with van der Waals surface area (Å²) in [6.07, 6.45) is 0.777. The van der Waals surface area contributed by atoms with Crippen LogP contribution in [0.4, 0.5) is 4.79 Å². The number of nitrogens with zero attached hydrogens (tertiary/aromatic N) is 2. The summed E-state index contributed by atoms with van der Waals surface area (Å²) in [5.41, 5.74) is 3.10. The third-order valence-corrected chi connectivity index (χ3v) is 5.40. The maximum absolute atomic E-state index is 13.3. The number of nitrogens with one attached hydrogen (secondary N) is 2. The molecule has 2 aromatic carbocycles. The number of para-hydroxylation sites is 1. The van der Waals surface area contributed by atoms with E-state index in [1.54, 1.807) is 18.2 Å². The van der Waals surface area contributed by atoms with Crippen molar-refractivity contribution in [3.63, 3.8) is 0 Å². The second-order valence-corrected chi connectivity index (χ2v) is 7.88. The van der Waals surface area contributed by atoms with Crippen molar-refractivity contribution in [2.24, 2.45) is 0 Å². The second kappa shape index (κ2) is 9.58. The average Bonchev–Trinajstić information content (AvgIpc) is 2.72. The van der Waals surface area contributed by atoms with E-state index in [9.17, 15) is 14.4 Å². The van der Waals surface area contributed by atoms with E-state index in [0.717, 1.165) is 29.3 Å². The Morgan fingerprint density at radius 3 is 2.63 bits per heavy atom. The Morgan fingerprint density at radius 2 is 1.90 bits per heavy atom. The van der Waals surface area contributed by atoms with Gasteiger partial charge in [-0.1, -0.05) is 48.5 Å². The first kappa shape index (κ1) is 21.6. The van der Waals surface area contributed by atoms with Crippen molar-refractivity contribution in [3.05, 3.63) is 63.9 Å². The van der Waals surface area contributed by atoms with Gasteiger partial charge in [0, 0.05) is 6.54 Å². The van der Waals surface area contributed by atoms with Crippen LogP contribution in [0.25, 0.3) is 16.6 Å². The Bertz CT molecular complexity index is 1160. The lowest BCUT2D eigenvalue weighted by Crippen LogP contribution is -2.40. The molecule has 0 bridgehead atoms. The first-order valence-corrected chi connectivity index (χ1v) is 10.7. The highest BCUT2D eigenvalue weighted by atomic mass is 32.2. The Labute approximate surface area is 178 Å². The van der Waals surface area contributed by atoms with Gasteiger partial charge in [-0.3, -0.25) is 19.5 Å². The van der Waals surface area contributed by atoms with Gasteiger partial charge in [-0.2, -0.15) is 0 Å². The molecule has 0 aliphatic carbocycles. The molecule has 0 saturated heterocycles. The number of imide groups is 1. The summed E-state index contributed by atoms with van der Waals surface area (Å²) in [6, 6.07) is 12.4. The highest BCUT2D eigenvalue weighted by Crippen LogP contribution is 2.23. The van der Waals surface area contributed by atoms with E-state index in [-0.39, 0.29) is 11.3 Å². The first-order valence-electron chi connectivity index (χ1n) is 9.70. The Kier molecular flexibility index (Phi) is 6.89. The lowest BCUT2D eigenvalue weighted by atomic mass is 10.1. The molecule has 0 saturated carbocycles. The highest BCUT2D eigenvalue weighted by molar-refractivity contribution is 7.99. The molecule has 1 aromatic heterocycles. The molecule has 3 aromatic rings. The van der Waals surface area contributed by atoms with Gasteiger partial charge in [-0.05, 0) is 44.0 Å². The molecule has 3 rings (SSSR count). The standard InChI is InChI=1S/C22H24N4O3S/c1-4-11-23-21(29)25-19(27)13-30-22-24-17-8-6-5-7-16(17)20(28)26(22)18-10-9-14(2)12-15(18)3/h5-10,12H,4,11,13H2,1-3H3,(H2,23,25,27,29). The van der Waals surface area contributed by atoms with Crippen molar-refractivity contribution in [2.75, 3.05) is 12.3 Å². The molecule has 0 aliphatic rings. The Morgan fingerprint density at radius 1 is 1.13 bits per heavy atom. The fraction of sp³-hybridized carbons (Fsp3) is 0.273. The summed E-state index contributed by atoms with van der Waals surface area (Å²) in [5, 5.41) is 5.79. The molecule has 1 heterocycles. The van der Waals surface area contributed by atoms with Crippen LogP contribution in [0, 0.1) is 13.8 Å². The van der Waals surface area contributed by atoms with Gasteiger partial charge in [0.05, 0.1) is 22.3 Å². The van der Waals surface area contributed by atoms with Crippen LogP contribution in [0.2, 0.25) is 0 Å². The molecule has 3 amide bonds. The maximum Gasteiger partial charge on any atom is 0.321 e. The first-order chi connectivity index (χ1) is 14.4. The molecule has 156 valence electrons. The van der Waals surface area contributed by atoms with Gasteiger partial charge < -0.3 is 5.32 Å². The number of benzene rings is 2. The molecule has 2 N–H and O–H groups in total. The molecule has 0 unspecified atom stereocenters. The van der Waals surface area contributed by atoms with Crippen molar-refractivity contribution in [3.8, 4) is 5.69 Å². The van der Waals surface area contributed by atoms with Crippen molar-refractivity contribution >= 4 is 34.6 Å². The van der Waals surface area contributed by atoms with Crippen LogP contribution in [-0.4, -0.2) is 33.8 Å². The van der Waals surface area contributed by atoms with Gasteiger partial charge in [0.2, 0.25) is 5.91 Å². The number of amides is 3. The average molecular weight is 425 g/mol. The minimum Gasteiger partial charge on any atom is -0.338 e. The van der Waals surface area contributed by atoms with Gasteiger partial charge >= 0.3 is 6.03 Å². The topological polar surface area (TPSA) is 93.1 Å². The lowest BCUT2D eigenvalue weighted by molar-refractivity contribution is -0.117. The fourth-order valence-corrected chi connectivity index (χ4v) is 3.86. The molecule has 8 heteroatoms. The number of rotatable bonds is 6. The number of hydrogen-bond donors (Lipinski definition) is 2. The zero-order chi connectivity index (χ0) is 21.7. The number of urea groups is 1. The van der Waals surface area contributed by atoms with Crippen molar-refractivity contribution < 1.29 is 9.59 Å². The van der Waals surface area contributed by atoms with E-state index >= 15 is 0 Å². The zero-order valence-electron chi connectivity index (χ0n) is 17.2. The summed E-state index contributed by atoms with van der Waals surface area (Å²) in [5.74, 6) is -0.502. The summed E-state index contributed by atoms with van der Waals surface area (Å²) in [7, 11) is 0. The normalized spacial score (nSPS) is 10.8. The van der Waals surface area contributed by atoms with E-state index in [2.05, 4.69) is 15.6 Å². The van der Waals surface area contributed by atoms with E-state index in [1.165, 1.54) is 4.57 Å². The van der Waals surface area contributed by atoms with Crippen molar-refractivity contribution in [1.29, 1.82) is 0 Å². The molecule has 0 radical (unpaired) electrons. The van der Waals surface area contributed by atoms with E-state index in [1.807, 2.05) is 45.0 Å². The van der Waals surface area contributed by atoms with Gasteiger partial charge in [0.25, 0.3) is 5.56 Å². The summed E-state index contributed by atoms with van der Waals surface area (Å²) in [4.78, 5) is 41.8. The predicted octanol–water partition coefficient (Wildman–Crippen LogP) is 3.33. The molecular weight excluding hydrogens is 400 g/mol. The molecule has 30 heavy (non-hydrogen) atoms. The van der Waals surface area contributed by atoms with E-state index < -0.39 is 11.9 Å². The van der Waals surface area contributed by atoms with Crippen molar-refractivity contribution in [2.45, 2.75) is 32.3 Å². The van der Waals surface area contributed by atoms with Crippen molar-refractivity contribution in [1.82, 2.24) is 20.2 Å². The number of aromatic nitrogens is 2. The van der Waals surface area contributed by atoms with Crippen LogP contribution >= 0.6 is 11.8 Å². The number of hydrogen-bond acceptors (Lipinski definition) is 5. The number of carbonyl (C=O) groups excluding carboxylic acids is 2. The second-order valence-electron chi connectivity index (χ2n) is 6.93. The Balaban J connectivity index is 1.96. The highest BCUT2D eigenvalue weighted by Gasteiger charge is 2.17. The van der Waals surface area contributed by atoms with Gasteiger partial charge in [0.1, 0.15) is 0 Å². The lowest BCUT2D eigenvalue weighted by Gasteiger charge is -2.15. The van der Waals surface area contributed by atoms with Crippen LogP contribution in [0.3, 0.4) is 0 Å². The Hall–Kier alpha value is -3.13. The number of carbonyl (C=O) groups is 2. The monoisotopic (exact) mass is 424 g/mol. The fourth-order valence-electron chi connectivity index (χ4n) is 3.05. The SMILES string of the molecule is CCCNC(=O)NC(=O)CSc1nc2ccccc2c(=O)n1-c1ccc(C)cc1C. The molecule has 0 spiro atoms. The third kappa shape index (κ3) is 4.88. The zero-order valence-corrected chi connectivity index (χ0v) is 18.0. The number of thioether (sulfide) groups is 1. The minimum absolute atomic E-state index is 0.0464. The number of aryl methyl sites for hydroxylation is 2. The van der Waals surface area contributed by atoms with Crippen LogP contribution in [0.15, 0.2) is 52.4 Å². The molecule has 0 atom stereocenters. The van der Waals surface area contributed by atoms with E-state index in [0.29, 0.717) is 28.3 Å². The van der Waals surface area contributed by atoms with Gasteiger partial charge in [-0.25, -0.2) is 9.78 Å². The minimum atomic E-state index is -0.527. The van der Waals surface area contributed by atoms with E-state index in [4.69, 9.17) is 0 Å². The van der Waals surface area contributed by atoms with Crippen LogP contribution in [-0.2, 0) is 4.79 Å².